The quantitative estimate of drug-likeness (QED) is 0.264. The lowest BCUT2D eigenvalue weighted by atomic mass is 10.0. The van der Waals surface area contributed by atoms with E-state index in [0.717, 1.165) is 20.6 Å². The van der Waals surface area contributed by atoms with Gasteiger partial charge in [-0.3, -0.25) is 19.5 Å². The van der Waals surface area contributed by atoms with Gasteiger partial charge in [-0.05, 0) is 17.2 Å². The first-order chi connectivity index (χ1) is 19.8. The van der Waals surface area contributed by atoms with E-state index in [1.807, 2.05) is 60.7 Å². The topological polar surface area (TPSA) is 169 Å². The number of ether oxygens (including phenoxy) is 2. The van der Waals surface area contributed by atoms with E-state index in [-0.39, 0.29) is 25.5 Å². The van der Waals surface area contributed by atoms with Gasteiger partial charge in [0.05, 0.1) is 0 Å². The van der Waals surface area contributed by atoms with Crippen molar-refractivity contribution in [3.63, 3.8) is 0 Å². The Bertz CT molecular complexity index is 1370. The van der Waals surface area contributed by atoms with Crippen LogP contribution >= 0.6 is 0 Å². The summed E-state index contributed by atoms with van der Waals surface area (Å²) in [6.07, 6.45) is 0.290. The summed E-state index contributed by atoms with van der Waals surface area (Å²) in [5, 5.41) is 14.0. The highest BCUT2D eigenvalue weighted by Crippen LogP contribution is 2.26. The molecule has 2 aromatic carbocycles. The number of carbonyl (C=O) groups excluding carboxylic acids is 3. The third-order valence-corrected chi connectivity index (χ3v) is 5.50. The first-order valence-corrected chi connectivity index (χ1v) is 12.4. The zero-order chi connectivity index (χ0) is 29.6. The zero-order valence-corrected chi connectivity index (χ0v) is 22.0. The number of aromatic nitrogens is 2. The Morgan fingerprint density at radius 1 is 1.00 bits per heavy atom. The molecule has 13 nitrogen and oxygen atoms in total. The fourth-order valence-electron chi connectivity index (χ4n) is 3.62. The fourth-order valence-corrected chi connectivity index (χ4v) is 3.62. The number of anilines is 1. The van der Waals surface area contributed by atoms with E-state index in [1.54, 1.807) is 0 Å². The number of hydrogen-bond acceptors (Lipinski definition) is 8. The monoisotopic (exact) mass is 563 g/mol. The van der Waals surface area contributed by atoms with Crippen LogP contribution in [0.15, 0.2) is 90.4 Å². The lowest BCUT2D eigenvalue weighted by molar-refractivity contribution is -0.144. The summed E-state index contributed by atoms with van der Waals surface area (Å²) < 4.78 is 11.4. The molecule has 3 N–H and O–H groups in total. The molecule has 0 atom stereocenters. The zero-order valence-electron chi connectivity index (χ0n) is 22.0. The van der Waals surface area contributed by atoms with Gasteiger partial charge in [0.1, 0.15) is 25.5 Å². The lowest BCUT2D eigenvalue weighted by Gasteiger charge is -2.21. The Kier molecular flexibility index (Phi) is 11.2. The number of aliphatic carboxylic acids is 1. The molecule has 0 aliphatic heterocycles. The molecule has 0 unspecified atom stereocenters. The van der Waals surface area contributed by atoms with E-state index >= 15 is 0 Å². The van der Waals surface area contributed by atoms with Gasteiger partial charge < -0.3 is 24.8 Å². The molecule has 3 aromatic rings. The molecule has 3 rings (SSSR count). The Labute approximate surface area is 235 Å². The number of benzene rings is 2. The SMILES string of the molecule is C=CCOC(=O)NCCN(CC(=O)O)C(=O)Cn1ccc(NC(=O)OC(c2ccccc2)c2ccccc2)nc1=O. The third kappa shape index (κ3) is 9.66. The van der Waals surface area contributed by atoms with Gasteiger partial charge in [-0.1, -0.05) is 73.3 Å². The molecule has 0 radical (unpaired) electrons. The van der Waals surface area contributed by atoms with Gasteiger partial charge in [0, 0.05) is 19.3 Å². The number of carboxylic acids is 1. The van der Waals surface area contributed by atoms with Crippen molar-refractivity contribution in [2.75, 3.05) is 31.6 Å². The molecule has 1 aromatic heterocycles. The van der Waals surface area contributed by atoms with Gasteiger partial charge in [-0.15, -0.1) is 0 Å². The Balaban J connectivity index is 1.63. The Hall–Kier alpha value is -5.46. The number of carbonyl (C=O) groups is 4. The van der Waals surface area contributed by atoms with Crippen LogP contribution < -0.4 is 16.3 Å². The number of alkyl carbamates (subject to hydrolysis) is 1. The number of carboxylic acid groups (broad SMARTS) is 1. The highest BCUT2D eigenvalue weighted by Gasteiger charge is 2.21. The summed E-state index contributed by atoms with van der Waals surface area (Å²) in [5.41, 5.74) is 0.622. The molecule has 3 amide bonds. The Morgan fingerprint density at radius 3 is 2.20 bits per heavy atom. The van der Waals surface area contributed by atoms with Crippen molar-refractivity contribution >= 4 is 29.9 Å². The van der Waals surface area contributed by atoms with E-state index in [1.165, 1.54) is 18.3 Å². The minimum Gasteiger partial charge on any atom is -0.480 e. The average Bonchev–Trinajstić information content (AvgIpc) is 2.96. The molecule has 214 valence electrons. The summed E-state index contributed by atoms with van der Waals surface area (Å²) in [6, 6.07) is 19.5. The minimum atomic E-state index is -1.28. The first kappa shape index (κ1) is 30.1. The molecule has 0 fully saturated rings. The number of amides is 3. The van der Waals surface area contributed by atoms with Crippen molar-refractivity contribution < 1.29 is 33.8 Å². The molecule has 0 saturated heterocycles. The molecule has 0 spiro atoms. The molecule has 41 heavy (non-hydrogen) atoms. The van der Waals surface area contributed by atoms with E-state index in [0.29, 0.717) is 0 Å². The number of nitrogens with one attached hydrogen (secondary N) is 2. The van der Waals surface area contributed by atoms with Crippen LogP contribution in [0.1, 0.15) is 17.2 Å². The molecular formula is C28H29N5O8. The predicted octanol–water partition coefficient (Wildman–Crippen LogP) is 2.41. The highest BCUT2D eigenvalue weighted by molar-refractivity contribution is 5.84. The van der Waals surface area contributed by atoms with Gasteiger partial charge in [0.15, 0.2) is 6.10 Å². The maximum Gasteiger partial charge on any atom is 0.413 e. The van der Waals surface area contributed by atoms with Gasteiger partial charge >= 0.3 is 23.8 Å². The standard InChI is InChI=1S/C28H29N5O8/c1-2-17-40-27(38)29-14-16-32(19-24(35)36)23(34)18-33-15-13-22(30-26(33)37)31-28(39)41-25(20-9-5-3-6-10-20)21-11-7-4-8-12-21/h2-13,15,25H,1,14,16-19H2,(H,29,38)(H,35,36)(H,30,31,37,39). The van der Waals surface area contributed by atoms with Gasteiger partial charge in [0.2, 0.25) is 5.91 Å². The second-order valence-electron chi connectivity index (χ2n) is 8.48. The highest BCUT2D eigenvalue weighted by atomic mass is 16.6. The molecule has 0 aliphatic carbocycles. The lowest BCUT2D eigenvalue weighted by Crippen LogP contribution is -2.44. The summed E-state index contributed by atoms with van der Waals surface area (Å²) in [6.45, 7) is 2.00. The maximum atomic E-state index is 12.7. The Morgan fingerprint density at radius 2 is 1.63 bits per heavy atom. The normalized spacial score (nSPS) is 10.4. The predicted molar refractivity (Wildman–Crippen MR) is 147 cm³/mol. The van der Waals surface area contributed by atoms with Crippen molar-refractivity contribution in [2.45, 2.75) is 12.6 Å². The molecular weight excluding hydrogens is 534 g/mol. The van der Waals surface area contributed by atoms with Crippen molar-refractivity contribution in [3.05, 3.63) is 107 Å². The molecule has 0 saturated carbocycles. The van der Waals surface area contributed by atoms with Crippen molar-refractivity contribution in [3.8, 4) is 0 Å². The van der Waals surface area contributed by atoms with Crippen molar-refractivity contribution in [1.82, 2.24) is 19.8 Å². The van der Waals surface area contributed by atoms with E-state index < -0.39 is 48.9 Å². The van der Waals surface area contributed by atoms with Crippen LogP contribution in [0.25, 0.3) is 0 Å². The summed E-state index contributed by atoms with van der Waals surface area (Å²) in [7, 11) is 0. The molecule has 0 bridgehead atoms. The molecule has 13 heteroatoms. The van der Waals surface area contributed by atoms with Crippen LogP contribution in [0, 0.1) is 0 Å². The third-order valence-electron chi connectivity index (χ3n) is 5.50. The van der Waals surface area contributed by atoms with Gasteiger partial charge in [-0.25, -0.2) is 14.4 Å². The summed E-state index contributed by atoms with van der Waals surface area (Å²) in [4.78, 5) is 65.5. The summed E-state index contributed by atoms with van der Waals surface area (Å²) >= 11 is 0. The molecule has 0 aliphatic rings. The second kappa shape index (κ2) is 15.2. The minimum absolute atomic E-state index is 0.0112. The van der Waals surface area contributed by atoms with E-state index in [2.05, 4.69) is 22.2 Å². The van der Waals surface area contributed by atoms with Gasteiger partial charge in [0.25, 0.3) is 0 Å². The van der Waals surface area contributed by atoms with Crippen LogP contribution in [0.3, 0.4) is 0 Å². The number of nitrogens with zero attached hydrogens (tertiary/aromatic N) is 3. The van der Waals surface area contributed by atoms with Crippen LogP contribution in [0.4, 0.5) is 15.4 Å². The fraction of sp³-hybridized carbons (Fsp3) is 0.214. The number of hydrogen-bond donors (Lipinski definition) is 3. The average molecular weight is 564 g/mol. The smallest absolute Gasteiger partial charge is 0.413 e. The van der Waals surface area contributed by atoms with E-state index in [9.17, 15) is 24.0 Å². The van der Waals surface area contributed by atoms with Crippen LogP contribution in [0.2, 0.25) is 0 Å². The van der Waals surface area contributed by atoms with Crippen LogP contribution in [-0.2, 0) is 25.6 Å². The van der Waals surface area contributed by atoms with Crippen LogP contribution in [0.5, 0.6) is 0 Å². The summed E-state index contributed by atoms with van der Waals surface area (Å²) in [5.74, 6) is -2.08. The van der Waals surface area contributed by atoms with Crippen molar-refractivity contribution in [2.24, 2.45) is 0 Å². The van der Waals surface area contributed by atoms with Crippen molar-refractivity contribution in [1.29, 1.82) is 0 Å². The van der Waals surface area contributed by atoms with E-state index in [4.69, 9.17) is 14.6 Å². The first-order valence-electron chi connectivity index (χ1n) is 12.4. The number of rotatable bonds is 13. The van der Waals surface area contributed by atoms with Gasteiger partial charge in [-0.2, -0.15) is 4.98 Å². The largest absolute Gasteiger partial charge is 0.480 e. The second-order valence-corrected chi connectivity index (χ2v) is 8.48. The maximum absolute atomic E-state index is 12.7. The van der Waals surface area contributed by atoms with Crippen LogP contribution in [-0.4, -0.2) is 69.9 Å². The molecule has 1 heterocycles.